The van der Waals surface area contributed by atoms with Crippen LogP contribution in [0.5, 0.6) is 0 Å². The van der Waals surface area contributed by atoms with Crippen molar-refractivity contribution in [1.82, 2.24) is 10.1 Å². The second-order valence-corrected chi connectivity index (χ2v) is 5.00. The molecule has 0 radical (unpaired) electrons. The van der Waals surface area contributed by atoms with E-state index < -0.39 is 0 Å². The molecule has 0 fully saturated rings. The number of aryl methyl sites for hydroxylation is 1. The number of amides is 1. The average Bonchev–Trinajstić information content (AvgIpc) is 2.91. The minimum atomic E-state index is -0.0833. The quantitative estimate of drug-likeness (QED) is 0.837. The van der Waals surface area contributed by atoms with Crippen LogP contribution in [0.25, 0.3) is 0 Å². The van der Waals surface area contributed by atoms with E-state index in [0.29, 0.717) is 18.0 Å². The van der Waals surface area contributed by atoms with Crippen LogP contribution in [0.2, 0.25) is 0 Å². The Kier molecular flexibility index (Phi) is 4.56. The molecule has 0 saturated carbocycles. The fourth-order valence-corrected chi connectivity index (χ4v) is 2.04. The summed E-state index contributed by atoms with van der Waals surface area (Å²) in [6.45, 7) is 6.49. The summed E-state index contributed by atoms with van der Waals surface area (Å²) in [5, 5.41) is 3.83. The fraction of sp³-hybridized carbons (Fsp3) is 0.375. The Morgan fingerprint density at radius 2 is 2.05 bits per heavy atom. The molecule has 4 nitrogen and oxygen atoms in total. The molecule has 0 aliphatic carbocycles. The maximum atomic E-state index is 12.6. The van der Waals surface area contributed by atoms with E-state index in [1.54, 1.807) is 13.0 Å². The summed E-state index contributed by atoms with van der Waals surface area (Å²) in [7, 11) is 0. The van der Waals surface area contributed by atoms with Gasteiger partial charge in [-0.1, -0.05) is 42.4 Å². The van der Waals surface area contributed by atoms with Gasteiger partial charge >= 0.3 is 0 Å². The van der Waals surface area contributed by atoms with Gasteiger partial charge in [0, 0.05) is 18.7 Å². The van der Waals surface area contributed by atoms with E-state index in [-0.39, 0.29) is 11.9 Å². The second kappa shape index (κ2) is 6.37. The van der Waals surface area contributed by atoms with Crippen LogP contribution in [0.3, 0.4) is 0 Å². The van der Waals surface area contributed by atoms with Crippen molar-refractivity contribution in [3.05, 3.63) is 53.4 Å². The standard InChI is InChI=1S/C16H20N2O2/c1-4-12(2)18(11-14-8-6-5-7-9-14)16(19)15-10-13(3)20-17-15/h5-10,12H,4,11H2,1-3H3. The van der Waals surface area contributed by atoms with E-state index in [2.05, 4.69) is 12.1 Å². The van der Waals surface area contributed by atoms with Crippen molar-refractivity contribution in [1.29, 1.82) is 0 Å². The molecular formula is C16H20N2O2. The molecule has 1 amide bonds. The van der Waals surface area contributed by atoms with E-state index in [9.17, 15) is 4.79 Å². The van der Waals surface area contributed by atoms with E-state index in [1.165, 1.54) is 0 Å². The summed E-state index contributed by atoms with van der Waals surface area (Å²) < 4.78 is 5.00. The third-order valence-corrected chi connectivity index (χ3v) is 3.43. The first-order valence-corrected chi connectivity index (χ1v) is 6.90. The van der Waals surface area contributed by atoms with Gasteiger partial charge in [-0.3, -0.25) is 4.79 Å². The van der Waals surface area contributed by atoms with E-state index in [1.807, 2.05) is 42.2 Å². The zero-order valence-corrected chi connectivity index (χ0v) is 12.2. The lowest BCUT2D eigenvalue weighted by Crippen LogP contribution is -2.38. The molecule has 4 heteroatoms. The molecule has 20 heavy (non-hydrogen) atoms. The minimum Gasteiger partial charge on any atom is -0.361 e. The Morgan fingerprint density at radius 3 is 2.60 bits per heavy atom. The summed E-state index contributed by atoms with van der Waals surface area (Å²) >= 11 is 0. The molecule has 0 aliphatic heterocycles. The number of nitrogens with zero attached hydrogens (tertiary/aromatic N) is 2. The van der Waals surface area contributed by atoms with Crippen molar-refractivity contribution in [2.45, 2.75) is 39.8 Å². The van der Waals surface area contributed by atoms with Crippen molar-refractivity contribution in [2.24, 2.45) is 0 Å². The molecule has 1 aromatic heterocycles. The SMILES string of the molecule is CCC(C)N(Cc1ccccc1)C(=O)c1cc(C)on1. The van der Waals surface area contributed by atoms with Crippen LogP contribution in [0.1, 0.15) is 42.1 Å². The van der Waals surface area contributed by atoms with Crippen molar-refractivity contribution >= 4 is 5.91 Å². The number of hydrogen-bond acceptors (Lipinski definition) is 3. The Bertz CT molecular complexity index is 563. The predicted octanol–water partition coefficient (Wildman–Crippen LogP) is 3.42. The maximum Gasteiger partial charge on any atom is 0.276 e. The fourth-order valence-electron chi connectivity index (χ4n) is 2.04. The van der Waals surface area contributed by atoms with Crippen molar-refractivity contribution in [3.8, 4) is 0 Å². The summed E-state index contributed by atoms with van der Waals surface area (Å²) in [4.78, 5) is 14.4. The molecule has 1 heterocycles. The number of aromatic nitrogens is 1. The minimum absolute atomic E-state index is 0.0833. The van der Waals surface area contributed by atoms with Crippen LogP contribution < -0.4 is 0 Å². The molecule has 0 spiro atoms. The Labute approximate surface area is 119 Å². The summed E-state index contributed by atoms with van der Waals surface area (Å²) in [6.07, 6.45) is 0.898. The number of rotatable bonds is 5. The molecule has 1 unspecified atom stereocenters. The topological polar surface area (TPSA) is 46.3 Å². The molecular weight excluding hydrogens is 252 g/mol. The summed E-state index contributed by atoms with van der Waals surface area (Å²) in [6, 6.07) is 11.8. The zero-order valence-electron chi connectivity index (χ0n) is 12.2. The highest BCUT2D eigenvalue weighted by Gasteiger charge is 2.23. The predicted molar refractivity (Wildman–Crippen MR) is 77.3 cm³/mol. The van der Waals surface area contributed by atoms with Gasteiger partial charge in [0.15, 0.2) is 5.69 Å². The van der Waals surface area contributed by atoms with E-state index in [4.69, 9.17) is 4.52 Å². The van der Waals surface area contributed by atoms with Crippen LogP contribution in [-0.2, 0) is 6.54 Å². The van der Waals surface area contributed by atoms with Gasteiger partial charge in [-0.2, -0.15) is 0 Å². The highest BCUT2D eigenvalue weighted by Crippen LogP contribution is 2.15. The first-order valence-electron chi connectivity index (χ1n) is 6.90. The van der Waals surface area contributed by atoms with E-state index in [0.717, 1.165) is 12.0 Å². The number of carbonyl (C=O) groups excluding carboxylic acids is 1. The van der Waals surface area contributed by atoms with Crippen molar-refractivity contribution < 1.29 is 9.32 Å². The average molecular weight is 272 g/mol. The smallest absolute Gasteiger partial charge is 0.276 e. The summed E-state index contributed by atoms with van der Waals surface area (Å²) in [5.74, 6) is 0.567. The van der Waals surface area contributed by atoms with Gasteiger partial charge in [0.1, 0.15) is 5.76 Å². The third-order valence-electron chi connectivity index (χ3n) is 3.43. The van der Waals surface area contributed by atoms with Gasteiger partial charge in [-0.25, -0.2) is 0 Å². The van der Waals surface area contributed by atoms with Crippen LogP contribution in [0, 0.1) is 6.92 Å². The van der Waals surface area contributed by atoms with Gasteiger partial charge in [0.2, 0.25) is 0 Å². The largest absolute Gasteiger partial charge is 0.361 e. The lowest BCUT2D eigenvalue weighted by atomic mass is 10.1. The molecule has 1 aromatic carbocycles. The Morgan fingerprint density at radius 1 is 1.35 bits per heavy atom. The Hall–Kier alpha value is -2.10. The summed E-state index contributed by atoms with van der Waals surface area (Å²) in [5.41, 5.74) is 1.49. The highest BCUT2D eigenvalue weighted by atomic mass is 16.5. The van der Waals surface area contributed by atoms with Crippen LogP contribution in [0.4, 0.5) is 0 Å². The van der Waals surface area contributed by atoms with Crippen molar-refractivity contribution in [3.63, 3.8) is 0 Å². The third kappa shape index (κ3) is 3.26. The molecule has 0 bridgehead atoms. The van der Waals surface area contributed by atoms with Crippen LogP contribution in [-0.4, -0.2) is 22.0 Å². The van der Waals surface area contributed by atoms with E-state index >= 15 is 0 Å². The lowest BCUT2D eigenvalue weighted by Gasteiger charge is -2.28. The highest BCUT2D eigenvalue weighted by molar-refractivity contribution is 5.92. The number of carbonyl (C=O) groups is 1. The maximum absolute atomic E-state index is 12.6. The number of hydrogen-bond donors (Lipinski definition) is 0. The van der Waals surface area contributed by atoms with Gasteiger partial charge in [-0.15, -0.1) is 0 Å². The molecule has 2 rings (SSSR count). The first kappa shape index (κ1) is 14.3. The van der Waals surface area contributed by atoms with Gasteiger partial charge in [-0.05, 0) is 25.8 Å². The lowest BCUT2D eigenvalue weighted by molar-refractivity contribution is 0.0661. The normalized spacial score (nSPS) is 12.2. The van der Waals surface area contributed by atoms with Gasteiger partial charge in [0.25, 0.3) is 5.91 Å². The first-order chi connectivity index (χ1) is 9.61. The van der Waals surface area contributed by atoms with Gasteiger partial charge < -0.3 is 9.42 Å². The van der Waals surface area contributed by atoms with Gasteiger partial charge in [0.05, 0.1) is 0 Å². The number of benzene rings is 1. The second-order valence-electron chi connectivity index (χ2n) is 5.00. The van der Waals surface area contributed by atoms with Crippen LogP contribution in [0.15, 0.2) is 40.9 Å². The molecule has 0 saturated heterocycles. The monoisotopic (exact) mass is 272 g/mol. The molecule has 106 valence electrons. The van der Waals surface area contributed by atoms with Crippen molar-refractivity contribution in [2.75, 3.05) is 0 Å². The molecule has 2 aromatic rings. The van der Waals surface area contributed by atoms with Crippen LogP contribution >= 0.6 is 0 Å². The molecule has 0 aliphatic rings. The Balaban J connectivity index is 2.21. The molecule has 1 atom stereocenters. The zero-order chi connectivity index (χ0) is 14.5. The molecule has 0 N–H and O–H groups in total.